The standard InChI is InChI=1S/C5H4FNO3S/c6-11(9,10)5-3-1-2-4(8)7-5/h1-3H,(H,7,8). The van der Waals surface area contributed by atoms with Crippen LogP contribution in [0.5, 0.6) is 0 Å². The van der Waals surface area contributed by atoms with Gasteiger partial charge in [-0.15, -0.1) is 0 Å². The highest BCUT2D eigenvalue weighted by molar-refractivity contribution is 7.86. The molecule has 0 atom stereocenters. The van der Waals surface area contributed by atoms with E-state index in [1.165, 1.54) is 0 Å². The van der Waals surface area contributed by atoms with Gasteiger partial charge in [-0.2, -0.15) is 8.42 Å². The van der Waals surface area contributed by atoms with Gasteiger partial charge in [-0.1, -0.05) is 9.95 Å². The molecule has 60 valence electrons. The van der Waals surface area contributed by atoms with Crippen LogP contribution in [0.3, 0.4) is 0 Å². The fourth-order valence-electron chi connectivity index (χ4n) is 0.570. The lowest BCUT2D eigenvalue weighted by molar-refractivity contribution is 0.547. The summed E-state index contributed by atoms with van der Waals surface area (Å²) in [5.41, 5.74) is -0.649. The van der Waals surface area contributed by atoms with E-state index >= 15 is 0 Å². The Labute approximate surface area is 61.9 Å². The zero-order valence-corrected chi connectivity index (χ0v) is 6.06. The molecule has 0 spiro atoms. The summed E-state index contributed by atoms with van der Waals surface area (Å²) in [5.74, 6) is 0. The van der Waals surface area contributed by atoms with E-state index in [4.69, 9.17) is 0 Å². The van der Waals surface area contributed by atoms with Gasteiger partial charge in [-0.25, -0.2) is 0 Å². The van der Waals surface area contributed by atoms with Gasteiger partial charge in [0.05, 0.1) is 0 Å². The molecule has 0 aromatic carbocycles. The third-order valence-electron chi connectivity index (χ3n) is 1.00. The summed E-state index contributed by atoms with van der Waals surface area (Å²) in [4.78, 5) is 12.3. The van der Waals surface area contributed by atoms with Gasteiger partial charge >= 0.3 is 10.2 Å². The second-order valence-corrected chi connectivity index (χ2v) is 3.13. The molecule has 0 bridgehead atoms. The van der Waals surface area contributed by atoms with E-state index in [1.807, 2.05) is 4.98 Å². The Morgan fingerprint density at radius 3 is 2.36 bits per heavy atom. The highest BCUT2D eigenvalue weighted by atomic mass is 32.3. The first kappa shape index (κ1) is 7.93. The van der Waals surface area contributed by atoms with Crippen molar-refractivity contribution in [1.82, 2.24) is 4.98 Å². The lowest BCUT2D eigenvalue weighted by Crippen LogP contribution is -2.08. The molecule has 1 heterocycles. The van der Waals surface area contributed by atoms with Crippen molar-refractivity contribution in [2.45, 2.75) is 5.03 Å². The molecule has 0 saturated heterocycles. The minimum Gasteiger partial charge on any atom is -0.311 e. The highest BCUT2D eigenvalue weighted by Crippen LogP contribution is 2.04. The molecule has 0 aliphatic heterocycles. The molecule has 0 aliphatic carbocycles. The number of nitrogens with one attached hydrogen (secondary N) is 1. The van der Waals surface area contributed by atoms with Crippen molar-refractivity contribution in [1.29, 1.82) is 0 Å². The summed E-state index contributed by atoms with van der Waals surface area (Å²) >= 11 is 0. The van der Waals surface area contributed by atoms with E-state index in [0.717, 1.165) is 18.2 Å². The summed E-state index contributed by atoms with van der Waals surface area (Å²) < 4.78 is 32.4. The minimum atomic E-state index is -4.78. The van der Waals surface area contributed by atoms with E-state index in [-0.39, 0.29) is 0 Å². The van der Waals surface area contributed by atoms with E-state index < -0.39 is 20.8 Å². The Morgan fingerprint density at radius 2 is 2.00 bits per heavy atom. The Balaban J connectivity index is 3.40. The van der Waals surface area contributed by atoms with Crippen LogP contribution in [0.25, 0.3) is 0 Å². The van der Waals surface area contributed by atoms with Crippen LogP contribution >= 0.6 is 0 Å². The lowest BCUT2D eigenvalue weighted by Gasteiger charge is -1.90. The van der Waals surface area contributed by atoms with Gasteiger partial charge in [0.25, 0.3) is 0 Å². The Morgan fingerprint density at radius 1 is 1.36 bits per heavy atom. The largest absolute Gasteiger partial charge is 0.347 e. The van der Waals surface area contributed by atoms with Crippen molar-refractivity contribution in [2.24, 2.45) is 0 Å². The molecule has 1 aromatic heterocycles. The minimum absolute atomic E-state index is 0.649. The van der Waals surface area contributed by atoms with Crippen LogP contribution in [-0.4, -0.2) is 13.4 Å². The molecule has 4 nitrogen and oxygen atoms in total. The average molecular weight is 177 g/mol. The molecule has 6 heteroatoms. The summed E-state index contributed by atoms with van der Waals surface area (Å²) in [6.07, 6.45) is 0. The summed E-state index contributed by atoms with van der Waals surface area (Å²) in [6.45, 7) is 0. The lowest BCUT2D eigenvalue weighted by atomic mass is 10.5. The second kappa shape index (κ2) is 2.46. The summed E-state index contributed by atoms with van der Waals surface area (Å²) in [5, 5.41) is -0.718. The number of aromatic nitrogens is 1. The zero-order chi connectivity index (χ0) is 8.48. The van der Waals surface area contributed by atoms with Gasteiger partial charge in [0, 0.05) is 6.07 Å². The van der Waals surface area contributed by atoms with Crippen molar-refractivity contribution in [2.75, 3.05) is 0 Å². The van der Waals surface area contributed by atoms with Crippen molar-refractivity contribution in [3.63, 3.8) is 0 Å². The quantitative estimate of drug-likeness (QED) is 0.615. The number of hydrogen-bond acceptors (Lipinski definition) is 3. The fourth-order valence-corrected chi connectivity index (χ4v) is 1.03. The number of halogens is 1. The molecule has 1 rings (SSSR count). The molecular formula is C5H4FNO3S. The van der Waals surface area contributed by atoms with Crippen LogP contribution in [0, 0.1) is 0 Å². The molecule has 11 heavy (non-hydrogen) atoms. The maximum atomic E-state index is 12.1. The van der Waals surface area contributed by atoms with Crippen LogP contribution in [-0.2, 0) is 10.2 Å². The number of pyridine rings is 1. The smallest absolute Gasteiger partial charge is 0.311 e. The Hall–Kier alpha value is -1.17. The first-order valence-corrected chi connectivity index (χ1v) is 4.02. The van der Waals surface area contributed by atoms with Crippen LogP contribution in [0.4, 0.5) is 3.89 Å². The third-order valence-corrected chi connectivity index (χ3v) is 1.77. The van der Waals surface area contributed by atoms with Crippen LogP contribution in [0.15, 0.2) is 28.0 Å². The average Bonchev–Trinajstić information content (AvgIpc) is 1.86. The van der Waals surface area contributed by atoms with Gasteiger partial charge in [0.1, 0.15) is 0 Å². The van der Waals surface area contributed by atoms with E-state index in [0.29, 0.717) is 0 Å². The molecule has 0 unspecified atom stereocenters. The van der Waals surface area contributed by atoms with Crippen molar-refractivity contribution >= 4 is 10.2 Å². The molecule has 0 radical (unpaired) electrons. The Kier molecular flexibility index (Phi) is 1.77. The first-order valence-electron chi connectivity index (χ1n) is 2.64. The zero-order valence-electron chi connectivity index (χ0n) is 5.24. The number of hydrogen-bond donors (Lipinski definition) is 1. The van der Waals surface area contributed by atoms with Gasteiger partial charge < -0.3 is 4.98 Å². The molecule has 0 amide bonds. The maximum absolute atomic E-state index is 12.1. The van der Waals surface area contributed by atoms with Gasteiger partial charge in [0.2, 0.25) is 5.56 Å². The molecule has 1 aromatic rings. The van der Waals surface area contributed by atoms with E-state index in [9.17, 15) is 17.1 Å². The highest BCUT2D eigenvalue weighted by Gasteiger charge is 2.11. The van der Waals surface area contributed by atoms with Crippen LogP contribution in [0.2, 0.25) is 0 Å². The SMILES string of the molecule is O=c1cccc(S(=O)(=O)F)[nH]1. The predicted octanol–water partition coefficient (Wildman–Crippen LogP) is 0.0331. The van der Waals surface area contributed by atoms with Crippen molar-refractivity contribution < 1.29 is 12.3 Å². The molecule has 0 fully saturated rings. The molecule has 0 saturated carbocycles. The summed E-state index contributed by atoms with van der Waals surface area (Å²) in [7, 11) is -4.78. The first-order chi connectivity index (χ1) is 5.00. The van der Waals surface area contributed by atoms with Gasteiger partial charge in [-0.3, -0.25) is 4.79 Å². The van der Waals surface area contributed by atoms with Gasteiger partial charge in [0.15, 0.2) is 5.03 Å². The van der Waals surface area contributed by atoms with Crippen molar-refractivity contribution in [3.05, 3.63) is 28.6 Å². The predicted molar refractivity (Wildman–Crippen MR) is 35.4 cm³/mol. The summed E-state index contributed by atoms with van der Waals surface area (Å²) in [6, 6.07) is 3.22. The van der Waals surface area contributed by atoms with Crippen LogP contribution < -0.4 is 5.56 Å². The topological polar surface area (TPSA) is 67.0 Å². The van der Waals surface area contributed by atoms with E-state index in [1.54, 1.807) is 0 Å². The van der Waals surface area contributed by atoms with E-state index in [2.05, 4.69) is 0 Å². The molecule has 0 aliphatic rings. The fraction of sp³-hybridized carbons (Fsp3) is 0. The second-order valence-electron chi connectivity index (χ2n) is 1.82. The molecule has 1 N–H and O–H groups in total. The normalized spacial score (nSPS) is 11.4. The number of rotatable bonds is 1. The monoisotopic (exact) mass is 177 g/mol. The Bertz CT molecular complexity index is 408. The third kappa shape index (κ3) is 1.87. The number of H-pyrrole nitrogens is 1. The van der Waals surface area contributed by atoms with Crippen molar-refractivity contribution in [3.8, 4) is 0 Å². The number of aromatic amines is 1. The molecular weight excluding hydrogens is 173 g/mol. The van der Waals surface area contributed by atoms with Gasteiger partial charge in [-0.05, 0) is 6.07 Å². The van der Waals surface area contributed by atoms with Crippen LogP contribution in [0.1, 0.15) is 0 Å². The maximum Gasteiger partial charge on any atom is 0.347 e.